The summed E-state index contributed by atoms with van der Waals surface area (Å²) in [5.74, 6) is 1.45. The van der Waals surface area contributed by atoms with Crippen LogP contribution in [0, 0.1) is 5.92 Å². The van der Waals surface area contributed by atoms with Crippen molar-refractivity contribution in [2.75, 3.05) is 25.0 Å². The fourth-order valence-corrected chi connectivity index (χ4v) is 6.61. The van der Waals surface area contributed by atoms with E-state index in [0.29, 0.717) is 23.9 Å². The molecule has 2 aliphatic rings. The number of nitrogens with one attached hydrogen (secondary N) is 3. The van der Waals surface area contributed by atoms with Gasteiger partial charge in [0, 0.05) is 42.4 Å². The fourth-order valence-electron chi connectivity index (χ4n) is 5.66. The molecule has 1 amide bonds. The molecule has 2 saturated heterocycles. The summed E-state index contributed by atoms with van der Waals surface area (Å²) in [6.07, 6.45) is 5.95. The van der Waals surface area contributed by atoms with Crippen molar-refractivity contribution in [3.63, 3.8) is 0 Å². The molecule has 2 aliphatic heterocycles. The summed E-state index contributed by atoms with van der Waals surface area (Å²) in [4.78, 5) is 26.2. The first-order chi connectivity index (χ1) is 16.5. The predicted molar refractivity (Wildman–Crippen MR) is 145 cm³/mol. The van der Waals surface area contributed by atoms with Gasteiger partial charge in [-0.25, -0.2) is 9.97 Å². The van der Waals surface area contributed by atoms with E-state index < -0.39 is 0 Å². The van der Waals surface area contributed by atoms with Crippen LogP contribution < -0.4 is 16.0 Å². The molecule has 0 aromatic carbocycles. The molecular formula is C27H42N6OS. The van der Waals surface area contributed by atoms with Gasteiger partial charge >= 0.3 is 0 Å². The molecule has 3 N–H and O–H groups in total. The topological polar surface area (TPSA) is 82.2 Å². The maximum Gasteiger partial charge on any atom is 0.263 e. The molecule has 0 spiro atoms. The summed E-state index contributed by atoms with van der Waals surface area (Å²) < 4.78 is 0. The lowest BCUT2D eigenvalue weighted by Crippen LogP contribution is -2.60. The summed E-state index contributed by atoms with van der Waals surface area (Å²) in [6.45, 7) is 16.0. The fraction of sp³-hybridized carbons (Fsp3) is 0.667. The zero-order valence-corrected chi connectivity index (χ0v) is 23.0. The van der Waals surface area contributed by atoms with Crippen molar-refractivity contribution in [3.05, 3.63) is 29.3 Å². The first kappa shape index (κ1) is 26.0. The molecule has 35 heavy (non-hydrogen) atoms. The van der Waals surface area contributed by atoms with Gasteiger partial charge in [0.1, 0.15) is 0 Å². The number of carbonyl (C=O) groups excluding carboxylic acids is 1. The number of hydrogen-bond donors (Lipinski definition) is 3. The number of aromatic nitrogens is 2. The maximum atomic E-state index is 13.1. The van der Waals surface area contributed by atoms with E-state index in [9.17, 15) is 4.79 Å². The first-order valence-electron chi connectivity index (χ1n) is 13.0. The minimum Gasteiger partial charge on any atom is -0.351 e. The van der Waals surface area contributed by atoms with Gasteiger partial charge in [-0.2, -0.15) is 0 Å². The van der Waals surface area contributed by atoms with E-state index >= 15 is 0 Å². The van der Waals surface area contributed by atoms with Crippen LogP contribution in [0.4, 0.5) is 5.95 Å². The Morgan fingerprint density at radius 2 is 1.83 bits per heavy atom. The number of thiophene rings is 1. The van der Waals surface area contributed by atoms with Crippen molar-refractivity contribution in [1.29, 1.82) is 0 Å². The monoisotopic (exact) mass is 498 g/mol. The van der Waals surface area contributed by atoms with E-state index in [1.54, 1.807) is 6.20 Å². The number of rotatable bonds is 7. The summed E-state index contributed by atoms with van der Waals surface area (Å²) in [7, 11) is 0. The zero-order valence-electron chi connectivity index (χ0n) is 22.1. The smallest absolute Gasteiger partial charge is 0.263 e. The lowest BCUT2D eigenvalue weighted by Gasteiger charge is -2.46. The van der Waals surface area contributed by atoms with Crippen LogP contribution in [-0.4, -0.2) is 63.6 Å². The predicted octanol–water partition coefficient (Wildman–Crippen LogP) is 4.78. The first-order valence-corrected chi connectivity index (χ1v) is 13.8. The Kier molecular flexibility index (Phi) is 7.83. The standard InChI is InChI=1S/C27H42N6OS/c1-18(2)29-17-19-10-13-33(14-11-19)24(34)23-8-7-22(35-23)21-9-12-28-25(31-21)30-20-15-26(3,4)32-27(5,6)16-20/h7-9,12,18-20,29,32H,10-11,13-17H2,1-6H3,(H,28,30,31). The Morgan fingerprint density at radius 1 is 1.14 bits per heavy atom. The lowest BCUT2D eigenvalue weighted by atomic mass is 9.80. The Morgan fingerprint density at radius 3 is 2.49 bits per heavy atom. The summed E-state index contributed by atoms with van der Waals surface area (Å²) in [6, 6.07) is 6.70. The van der Waals surface area contributed by atoms with Gasteiger partial charge < -0.3 is 20.9 Å². The highest BCUT2D eigenvalue weighted by atomic mass is 32.1. The van der Waals surface area contributed by atoms with E-state index in [-0.39, 0.29) is 17.0 Å². The number of nitrogens with zero attached hydrogens (tertiary/aromatic N) is 3. The lowest BCUT2D eigenvalue weighted by molar-refractivity contribution is 0.0694. The summed E-state index contributed by atoms with van der Waals surface area (Å²) >= 11 is 1.53. The molecular weight excluding hydrogens is 456 g/mol. The molecule has 0 unspecified atom stereocenters. The molecule has 0 saturated carbocycles. The van der Waals surface area contributed by atoms with E-state index in [1.165, 1.54) is 11.3 Å². The van der Waals surface area contributed by atoms with Gasteiger partial charge in [0.15, 0.2) is 0 Å². The molecule has 0 atom stereocenters. The van der Waals surface area contributed by atoms with Crippen LogP contribution in [0.15, 0.2) is 24.4 Å². The second-order valence-electron chi connectivity index (χ2n) is 11.9. The van der Waals surface area contributed by atoms with E-state index in [0.717, 1.165) is 60.8 Å². The molecule has 4 rings (SSSR count). The van der Waals surface area contributed by atoms with Gasteiger partial charge in [-0.1, -0.05) is 13.8 Å². The molecule has 0 bridgehead atoms. The average Bonchev–Trinajstić information content (AvgIpc) is 3.26. The minimum atomic E-state index is 0.0550. The number of hydrogen-bond acceptors (Lipinski definition) is 7. The molecule has 8 heteroatoms. The highest BCUT2D eigenvalue weighted by molar-refractivity contribution is 7.17. The number of likely N-dealkylation sites (tertiary alicyclic amines) is 1. The minimum absolute atomic E-state index is 0.0550. The normalized spacial score (nSPS) is 20.8. The van der Waals surface area contributed by atoms with Gasteiger partial charge in [-0.15, -0.1) is 11.3 Å². The van der Waals surface area contributed by atoms with Crippen LogP contribution in [0.25, 0.3) is 10.6 Å². The molecule has 4 heterocycles. The Labute approximate surface area is 214 Å². The third-order valence-corrected chi connectivity index (χ3v) is 8.06. The van der Waals surface area contributed by atoms with E-state index in [2.05, 4.69) is 62.5 Å². The number of carbonyl (C=O) groups is 1. The number of piperidine rings is 2. The molecule has 0 radical (unpaired) electrons. The third-order valence-electron chi connectivity index (χ3n) is 6.96. The quantitative estimate of drug-likeness (QED) is 0.510. The Bertz CT molecular complexity index is 993. The molecule has 2 aromatic rings. The molecule has 7 nitrogen and oxygen atoms in total. The van der Waals surface area contributed by atoms with Crippen molar-refractivity contribution in [2.24, 2.45) is 5.92 Å². The van der Waals surface area contributed by atoms with Crippen LogP contribution >= 0.6 is 11.3 Å². The maximum absolute atomic E-state index is 13.1. The van der Waals surface area contributed by atoms with Crippen LogP contribution in [0.2, 0.25) is 0 Å². The second kappa shape index (κ2) is 10.5. The van der Waals surface area contributed by atoms with Gasteiger partial charge in [0.05, 0.1) is 15.4 Å². The molecule has 2 aromatic heterocycles. The van der Waals surface area contributed by atoms with Crippen LogP contribution in [0.5, 0.6) is 0 Å². The highest BCUT2D eigenvalue weighted by Gasteiger charge is 2.37. The highest BCUT2D eigenvalue weighted by Crippen LogP contribution is 2.32. The van der Waals surface area contributed by atoms with E-state index in [4.69, 9.17) is 4.98 Å². The van der Waals surface area contributed by atoms with Crippen LogP contribution in [-0.2, 0) is 0 Å². The van der Waals surface area contributed by atoms with Crippen molar-refractivity contribution in [2.45, 2.75) is 90.4 Å². The van der Waals surface area contributed by atoms with Crippen LogP contribution in [0.3, 0.4) is 0 Å². The van der Waals surface area contributed by atoms with Gasteiger partial charge in [-0.05, 0) is 84.0 Å². The summed E-state index contributed by atoms with van der Waals surface area (Å²) in [5.41, 5.74) is 0.969. The van der Waals surface area contributed by atoms with Crippen molar-refractivity contribution >= 4 is 23.2 Å². The molecule has 192 valence electrons. The molecule has 0 aliphatic carbocycles. The SMILES string of the molecule is CC(C)NCC1CCN(C(=O)c2ccc(-c3ccnc(NC4CC(C)(C)NC(C)(C)C4)n3)s2)CC1. The van der Waals surface area contributed by atoms with Crippen molar-refractivity contribution in [3.8, 4) is 10.6 Å². The zero-order chi connectivity index (χ0) is 25.2. The van der Waals surface area contributed by atoms with Gasteiger partial charge in [-0.3, -0.25) is 4.79 Å². The Balaban J connectivity index is 1.37. The summed E-state index contributed by atoms with van der Waals surface area (Å²) in [5, 5.41) is 10.8. The van der Waals surface area contributed by atoms with Crippen molar-refractivity contribution < 1.29 is 4.79 Å². The van der Waals surface area contributed by atoms with Crippen molar-refractivity contribution in [1.82, 2.24) is 25.5 Å². The number of anilines is 1. The van der Waals surface area contributed by atoms with Gasteiger partial charge in [0.25, 0.3) is 5.91 Å². The number of amides is 1. The average molecular weight is 499 g/mol. The Hall–Kier alpha value is -2.03. The molecule has 2 fully saturated rings. The largest absolute Gasteiger partial charge is 0.351 e. The second-order valence-corrected chi connectivity index (χ2v) is 13.0. The third kappa shape index (κ3) is 7.02. The van der Waals surface area contributed by atoms with Crippen LogP contribution in [0.1, 0.15) is 76.9 Å². The van der Waals surface area contributed by atoms with E-state index in [1.807, 2.05) is 23.1 Å². The van der Waals surface area contributed by atoms with Gasteiger partial charge in [0.2, 0.25) is 5.95 Å².